The Morgan fingerprint density at radius 2 is 1.95 bits per heavy atom. The molecule has 0 fully saturated rings. The van der Waals surface area contributed by atoms with Gasteiger partial charge in [0.05, 0.1) is 6.54 Å². The summed E-state index contributed by atoms with van der Waals surface area (Å²) in [5.74, 6) is 1.29. The number of aryl methyl sites for hydroxylation is 1. The molecule has 0 atom stereocenters. The lowest BCUT2D eigenvalue weighted by atomic mass is 10.0. The maximum atomic E-state index is 5.96. The van der Waals surface area contributed by atoms with Crippen LogP contribution in [0.4, 0.5) is 0 Å². The van der Waals surface area contributed by atoms with Crippen molar-refractivity contribution < 1.29 is 4.74 Å². The van der Waals surface area contributed by atoms with Gasteiger partial charge in [0.1, 0.15) is 10.8 Å². The second-order valence-electron chi connectivity index (χ2n) is 5.80. The highest BCUT2D eigenvalue weighted by atomic mass is 32.1. The first-order chi connectivity index (χ1) is 9.95. The molecule has 21 heavy (non-hydrogen) atoms. The zero-order valence-corrected chi connectivity index (χ0v) is 14.1. The predicted molar refractivity (Wildman–Crippen MR) is 87.2 cm³/mol. The Hall–Kier alpha value is -1.46. The van der Waals surface area contributed by atoms with Gasteiger partial charge in [-0.25, -0.2) is 0 Å². The van der Waals surface area contributed by atoms with E-state index in [0.717, 1.165) is 17.3 Å². The lowest BCUT2D eigenvalue weighted by Gasteiger charge is -2.12. The Labute approximate surface area is 130 Å². The first kappa shape index (κ1) is 15.9. The normalized spacial score (nSPS) is 11.4. The van der Waals surface area contributed by atoms with Crippen LogP contribution >= 0.6 is 11.3 Å². The van der Waals surface area contributed by atoms with Crippen molar-refractivity contribution in [2.24, 2.45) is 0 Å². The van der Waals surface area contributed by atoms with Crippen LogP contribution in [-0.4, -0.2) is 16.2 Å². The van der Waals surface area contributed by atoms with Crippen molar-refractivity contribution >= 4 is 11.3 Å². The van der Waals surface area contributed by atoms with Gasteiger partial charge in [-0.05, 0) is 30.0 Å². The highest BCUT2D eigenvalue weighted by Crippen LogP contribution is 2.32. The highest BCUT2D eigenvalue weighted by Gasteiger charge is 2.12. The van der Waals surface area contributed by atoms with Crippen LogP contribution in [0, 0.1) is 6.92 Å². The molecule has 0 aliphatic heterocycles. The fourth-order valence-electron chi connectivity index (χ4n) is 1.94. The average molecular weight is 305 g/mol. The number of hydrogen-bond acceptors (Lipinski definition) is 5. The molecule has 2 aromatic rings. The van der Waals surface area contributed by atoms with Crippen molar-refractivity contribution in [1.82, 2.24) is 15.5 Å². The molecule has 5 heteroatoms. The van der Waals surface area contributed by atoms with Gasteiger partial charge < -0.3 is 10.1 Å². The number of nitrogens with one attached hydrogen (secondary N) is 1. The van der Waals surface area contributed by atoms with Crippen molar-refractivity contribution in [2.45, 2.75) is 53.1 Å². The molecule has 0 amide bonds. The first-order valence-electron chi connectivity index (χ1n) is 7.30. The Balaban J connectivity index is 2.13. The van der Waals surface area contributed by atoms with Crippen LogP contribution in [0.3, 0.4) is 0 Å². The van der Waals surface area contributed by atoms with Gasteiger partial charge in [0.15, 0.2) is 0 Å². The van der Waals surface area contributed by atoms with Crippen LogP contribution in [-0.2, 0) is 6.54 Å². The van der Waals surface area contributed by atoms with E-state index in [1.165, 1.54) is 22.5 Å². The maximum Gasteiger partial charge on any atom is 0.299 e. The smallest absolute Gasteiger partial charge is 0.299 e. The molecule has 0 saturated carbocycles. The summed E-state index contributed by atoms with van der Waals surface area (Å²) in [5.41, 5.74) is 2.37. The lowest BCUT2D eigenvalue weighted by molar-refractivity contribution is 0.463. The molecule has 1 N–H and O–H groups in total. The highest BCUT2D eigenvalue weighted by molar-refractivity contribution is 7.13. The average Bonchev–Trinajstić information content (AvgIpc) is 2.83. The first-order valence-corrected chi connectivity index (χ1v) is 8.11. The number of benzene rings is 1. The minimum Gasteiger partial charge on any atom is -0.429 e. The molecule has 0 radical (unpaired) electrons. The molecule has 1 aromatic heterocycles. The second kappa shape index (κ2) is 7.00. The van der Waals surface area contributed by atoms with Crippen LogP contribution in [0.2, 0.25) is 0 Å². The summed E-state index contributed by atoms with van der Waals surface area (Å²) in [6.07, 6.45) is 0. The summed E-state index contributed by atoms with van der Waals surface area (Å²) in [6.45, 7) is 11.3. The van der Waals surface area contributed by atoms with Crippen LogP contribution in [0.5, 0.6) is 10.9 Å². The van der Waals surface area contributed by atoms with Gasteiger partial charge in [-0.1, -0.05) is 56.3 Å². The van der Waals surface area contributed by atoms with Gasteiger partial charge in [-0.3, -0.25) is 0 Å². The number of nitrogens with zero attached hydrogens (tertiary/aromatic N) is 2. The van der Waals surface area contributed by atoms with Crippen molar-refractivity contribution in [3.63, 3.8) is 0 Å². The van der Waals surface area contributed by atoms with Gasteiger partial charge >= 0.3 is 0 Å². The fraction of sp³-hybridized carbons (Fsp3) is 0.500. The van der Waals surface area contributed by atoms with E-state index >= 15 is 0 Å². The lowest BCUT2D eigenvalue weighted by Crippen LogP contribution is -2.21. The van der Waals surface area contributed by atoms with Crippen molar-refractivity contribution in [3.8, 4) is 10.9 Å². The molecule has 1 aromatic carbocycles. The SMILES string of the molecule is Cc1ccc(C(C)C)c(Oc2nnc(CNC(C)C)s2)c1. The van der Waals surface area contributed by atoms with E-state index < -0.39 is 0 Å². The zero-order valence-electron chi connectivity index (χ0n) is 13.3. The van der Waals surface area contributed by atoms with E-state index in [0.29, 0.717) is 17.2 Å². The largest absolute Gasteiger partial charge is 0.429 e. The third-order valence-corrected chi connectivity index (χ3v) is 3.90. The molecule has 114 valence electrons. The summed E-state index contributed by atoms with van der Waals surface area (Å²) in [4.78, 5) is 0. The minimum atomic E-state index is 0.413. The summed E-state index contributed by atoms with van der Waals surface area (Å²) in [6, 6.07) is 6.73. The molecule has 0 bridgehead atoms. The fourth-order valence-corrected chi connectivity index (χ4v) is 2.60. The summed E-state index contributed by atoms with van der Waals surface area (Å²) < 4.78 is 5.96. The quantitative estimate of drug-likeness (QED) is 0.866. The van der Waals surface area contributed by atoms with Gasteiger partial charge in [0.25, 0.3) is 5.19 Å². The molecule has 1 heterocycles. The van der Waals surface area contributed by atoms with E-state index in [1.807, 2.05) is 0 Å². The predicted octanol–water partition coefficient (Wildman–Crippen LogP) is 4.26. The van der Waals surface area contributed by atoms with Gasteiger partial charge in [0.2, 0.25) is 0 Å². The number of ether oxygens (including phenoxy) is 1. The molecule has 2 rings (SSSR count). The van der Waals surface area contributed by atoms with E-state index in [1.54, 1.807) is 0 Å². The van der Waals surface area contributed by atoms with Crippen LogP contribution in [0.15, 0.2) is 18.2 Å². The third-order valence-electron chi connectivity index (χ3n) is 3.10. The van der Waals surface area contributed by atoms with Crippen LogP contribution < -0.4 is 10.1 Å². The molecule has 0 unspecified atom stereocenters. The summed E-state index contributed by atoms with van der Waals surface area (Å²) in [7, 11) is 0. The third kappa shape index (κ3) is 4.51. The van der Waals surface area contributed by atoms with Crippen molar-refractivity contribution in [3.05, 3.63) is 34.3 Å². The van der Waals surface area contributed by atoms with E-state index in [-0.39, 0.29) is 0 Å². The Morgan fingerprint density at radius 3 is 2.62 bits per heavy atom. The molecule has 0 aliphatic carbocycles. The summed E-state index contributed by atoms with van der Waals surface area (Å²) in [5, 5.41) is 13.2. The molecule has 0 aliphatic rings. The van der Waals surface area contributed by atoms with Gasteiger partial charge in [0, 0.05) is 6.04 Å². The molecule has 4 nitrogen and oxygen atoms in total. The minimum absolute atomic E-state index is 0.413. The zero-order chi connectivity index (χ0) is 15.4. The topological polar surface area (TPSA) is 47.0 Å². The Morgan fingerprint density at radius 1 is 1.19 bits per heavy atom. The van der Waals surface area contributed by atoms with Crippen LogP contribution in [0.1, 0.15) is 49.7 Å². The van der Waals surface area contributed by atoms with Gasteiger partial charge in [-0.2, -0.15) is 0 Å². The van der Waals surface area contributed by atoms with Crippen molar-refractivity contribution in [2.75, 3.05) is 0 Å². The molecular weight excluding hydrogens is 282 g/mol. The van der Waals surface area contributed by atoms with Crippen molar-refractivity contribution in [1.29, 1.82) is 0 Å². The monoisotopic (exact) mass is 305 g/mol. The summed E-state index contributed by atoms with van der Waals surface area (Å²) >= 11 is 1.49. The van der Waals surface area contributed by atoms with E-state index in [2.05, 4.69) is 68.3 Å². The number of aromatic nitrogens is 2. The second-order valence-corrected chi connectivity index (χ2v) is 6.82. The molecular formula is C16H23N3OS. The van der Waals surface area contributed by atoms with E-state index in [9.17, 15) is 0 Å². The maximum absolute atomic E-state index is 5.96. The van der Waals surface area contributed by atoms with Gasteiger partial charge in [-0.15, -0.1) is 5.10 Å². The molecule has 0 spiro atoms. The Kier molecular flexibility index (Phi) is 5.31. The molecule has 0 saturated heterocycles. The number of hydrogen-bond donors (Lipinski definition) is 1. The van der Waals surface area contributed by atoms with E-state index in [4.69, 9.17) is 4.74 Å². The Bertz CT molecular complexity index is 593. The van der Waals surface area contributed by atoms with Crippen LogP contribution in [0.25, 0.3) is 0 Å². The number of rotatable bonds is 6. The standard InChI is InChI=1S/C16H23N3OS/c1-10(2)13-7-6-12(5)8-14(13)20-16-19-18-15(21-16)9-17-11(3)4/h6-8,10-11,17H,9H2,1-5H3.